The van der Waals surface area contributed by atoms with E-state index in [1.807, 2.05) is 0 Å². The van der Waals surface area contributed by atoms with Crippen molar-refractivity contribution in [2.45, 2.75) is 70.6 Å². The van der Waals surface area contributed by atoms with Crippen LogP contribution < -0.4 is 5.48 Å². The van der Waals surface area contributed by atoms with Gasteiger partial charge in [-0.2, -0.15) is 13.5 Å². The second kappa shape index (κ2) is 8.91. The van der Waals surface area contributed by atoms with E-state index in [4.69, 9.17) is 9.39 Å². The molecule has 0 saturated carbocycles. The molecule has 14 heteroatoms. The number of fused-ring (bicyclic) bond motifs is 2. The molecule has 2 fully saturated rings. The van der Waals surface area contributed by atoms with Gasteiger partial charge in [-0.3, -0.25) is 14.2 Å². The second-order valence-corrected chi connectivity index (χ2v) is 9.29. The van der Waals surface area contributed by atoms with Crippen molar-refractivity contribution in [2.24, 2.45) is 0 Å². The zero-order valence-electron chi connectivity index (χ0n) is 17.3. The molecular weight excluding hydrogens is 424 g/mol. The molecule has 0 aromatic rings. The van der Waals surface area contributed by atoms with Crippen molar-refractivity contribution in [2.75, 3.05) is 13.2 Å². The molecule has 2 saturated heterocycles. The molecule has 172 valence electrons. The molecule has 0 radical (unpaired) electrons. The van der Waals surface area contributed by atoms with Crippen LogP contribution in [0.5, 0.6) is 0 Å². The number of carbonyl (C=O) groups is 3. The molecule has 0 aliphatic carbocycles. The van der Waals surface area contributed by atoms with Crippen molar-refractivity contribution >= 4 is 28.4 Å². The van der Waals surface area contributed by atoms with Crippen molar-refractivity contribution in [3.63, 3.8) is 0 Å². The summed E-state index contributed by atoms with van der Waals surface area (Å²) in [6.45, 7) is 7.19. The lowest BCUT2D eigenvalue weighted by molar-refractivity contribution is -0.139. The van der Waals surface area contributed by atoms with E-state index in [0.29, 0.717) is 17.9 Å². The summed E-state index contributed by atoms with van der Waals surface area (Å²) >= 11 is 0. The fourth-order valence-electron chi connectivity index (χ4n) is 3.79. The van der Waals surface area contributed by atoms with E-state index in [9.17, 15) is 27.9 Å². The molecule has 0 aromatic carbocycles. The van der Waals surface area contributed by atoms with E-state index in [2.05, 4.69) is 9.76 Å². The zero-order valence-corrected chi connectivity index (χ0v) is 18.1. The number of hydroxylamine groups is 3. The third-order valence-corrected chi connectivity index (χ3v) is 5.33. The Hall–Kier alpha value is -2.16. The Kier molecular flexibility index (Phi) is 7.16. The van der Waals surface area contributed by atoms with Crippen molar-refractivity contribution in [3.8, 4) is 0 Å². The van der Waals surface area contributed by atoms with Gasteiger partial charge in [0.2, 0.25) is 0 Å². The summed E-state index contributed by atoms with van der Waals surface area (Å²) in [5, 5.41) is 9.94. The average Bonchev–Trinajstić information content (AvgIpc) is 2.80. The summed E-state index contributed by atoms with van der Waals surface area (Å²) < 4.78 is 34.9. The number of nitrogens with one attached hydrogen (secondary N) is 1. The fourth-order valence-corrected chi connectivity index (χ4v) is 4.18. The molecule has 13 nitrogen and oxygen atoms in total. The Labute approximate surface area is 174 Å². The summed E-state index contributed by atoms with van der Waals surface area (Å²) in [6, 6.07) is -2.68. The van der Waals surface area contributed by atoms with E-state index in [1.54, 1.807) is 27.7 Å². The molecule has 0 aromatic heterocycles. The maximum atomic E-state index is 12.4. The monoisotopic (exact) mass is 452 g/mol. The third-order valence-electron chi connectivity index (χ3n) is 4.98. The largest absolute Gasteiger partial charge is 0.465 e. The van der Waals surface area contributed by atoms with Crippen LogP contribution in [0.25, 0.3) is 0 Å². The number of hydrogen-bond donors (Lipinski definition) is 3. The highest BCUT2D eigenvalue weighted by Crippen LogP contribution is 2.30. The summed E-state index contributed by atoms with van der Waals surface area (Å²) in [5.41, 5.74) is 1.66. The van der Waals surface area contributed by atoms with Crippen LogP contribution in [-0.2, 0) is 24.3 Å². The maximum absolute atomic E-state index is 12.4. The van der Waals surface area contributed by atoms with Crippen LogP contribution in [-0.4, -0.2) is 87.8 Å². The van der Waals surface area contributed by atoms with Crippen LogP contribution in [0.15, 0.2) is 0 Å². The number of carboxylic acid groups (broad SMARTS) is 1. The second-order valence-electron chi connectivity index (χ2n) is 8.29. The van der Waals surface area contributed by atoms with Gasteiger partial charge in [-0.15, -0.1) is 4.28 Å². The molecule has 2 bridgehead atoms. The number of rotatable bonds is 8. The quantitative estimate of drug-likeness (QED) is 0.271. The normalized spacial score (nSPS) is 22.8. The van der Waals surface area contributed by atoms with Gasteiger partial charge in [0.05, 0.1) is 12.6 Å². The van der Waals surface area contributed by atoms with E-state index >= 15 is 0 Å². The van der Waals surface area contributed by atoms with Crippen LogP contribution in [0.2, 0.25) is 0 Å². The number of nitrogens with zero attached hydrogens (tertiary/aromatic N) is 3. The van der Waals surface area contributed by atoms with Crippen LogP contribution in [0.3, 0.4) is 0 Å². The van der Waals surface area contributed by atoms with Gasteiger partial charge in [-0.05, 0) is 47.0 Å². The Bertz CT molecular complexity index is 782. The molecule has 2 heterocycles. The first kappa shape index (κ1) is 24.1. The lowest BCUT2D eigenvalue weighted by atomic mass is 10.0. The maximum Gasteiger partial charge on any atom is 0.418 e. The minimum absolute atomic E-state index is 0.0497. The summed E-state index contributed by atoms with van der Waals surface area (Å²) in [5.74, 6) is -0.589. The Morgan fingerprint density at radius 3 is 2.50 bits per heavy atom. The zero-order chi connectivity index (χ0) is 22.9. The number of hydrogen-bond acceptors (Lipinski definition) is 7. The lowest BCUT2D eigenvalue weighted by Crippen LogP contribution is -2.51. The highest BCUT2D eigenvalue weighted by Gasteiger charge is 2.49. The number of amides is 4. The molecule has 2 rings (SSSR count). The predicted molar refractivity (Wildman–Crippen MR) is 101 cm³/mol. The van der Waals surface area contributed by atoms with E-state index in [-0.39, 0.29) is 25.6 Å². The Morgan fingerprint density at radius 1 is 1.33 bits per heavy atom. The van der Waals surface area contributed by atoms with Crippen LogP contribution in [0, 0.1) is 0 Å². The smallest absolute Gasteiger partial charge is 0.418 e. The highest BCUT2D eigenvalue weighted by atomic mass is 32.3. The van der Waals surface area contributed by atoms with Gasteiger partial charge in [0.25, 0.3) is 5.91 Å². The molecule has 4 amide bonds. The molecule has 1 unspecified atom stereocenters. The molecule has 3 atom stereocenters. The molecule has 30 heavy (non-hydrogen) atoms. The van der Waals surface area contributed by atoms with E-state index in [0.717, 1.165) is 4.90 Å². The van der Waals surface area contributed by atoms with Gasteiger partial charge >= 0.3 is 22.5 Å². The van der Waals surface area contributed by atoms with Crippen molar-refractivity contribution in [1.82, 2.24) is 20.3 Å². The third kappa shape index (κ3) is 5.71. The minimum Gasteiger partial charge on any atom is -0.465 e. The topological polar surface area (TPSA) is 166 Å². The molecular formula is C16H28N4O9S. The minimum atomic E-state index is -4.86. The van der Waals surface area contributed by atoms with Gasteiger partial charge in [-0.1, -0.05) is 0 Å². The summed E-state index contributed by atoms with van der Waals surface area (Å²) in [6.07, 6.45) is -0.175. The molecule has 2 aliphatic rings. The van der Waals surface area contributed by atoms with Crippen LogP contribution >= 0.6 is 0 Å². The van der Waals surface area contributed by atoms with Gasteiger partial charge in [0.15, 0.2) is 0 Å². The van der Waals surface area contributed by atoms with Gasteiger partial charge in [0.1, 0.15) is 6.04 Å². The Morgan fingerprint density at radius 2 is 1.97 bits per heavy atom. The van der Waals surface area contributed by atoms with Crippen LogP contribution in [0.4, 0.5) is 9.59 Å². The first-order valence-electron chi connectivity index (χ1n) is 9.43. The first-order valence-corrected chi connectivity index (χ1v) is 10.8. The van der Waals surface area contributed by atoms with E-state index < -0.39 is 46.1 Å². The van der Waals surface area contributed by atoms with Crippen molar-refractivity contribution in [1.29, 1.82) is 0 Å². The van der Waals surface area contributed by atoms with Gasteiger partial charge in [-0.25, -0.2) is 15.1 Å². The molecule has 3 N–H and O–H groups in total. The molecule has 2 aliphatic heterocycles. The van der Waals surface area contributed by atoms with Crippen LogP contribution in [0.1, 0.15) is 47.0 Å². The number of urea groups is 1. The predicted octanol–water partition coefficient (Wildman–Crippen LogP) is 0.594. The number of piperidine rings is 1. The molecule has 0 spiro atoms. The number of carbonyl (C=O) groups excluding carboxylic acids is 2. The standard InChI is InChI=1S/C16H28N4O9S/c1-10(19(15(23)24)16(2,3)4)7-8-28-17-13(21)12-6-5-11-9-18(12)14(22)20(11)29-30(25,26)27/h10-12H,5-9H2,1-4H3,(H,17,21)(H,23,24)(H,25,26,27)/t10?,11-,12+/m1/s1. The van der Waals surface area contributed by atoms with E-state index in [1.165, 1.54) is 4.90 Å². The fraction of sp³-hybridized carbons (Fsp3) is 0.812. The summed E-state index contributed by atoms with van der Waals surface area (Å²) in [4.78, 5) is 43.8. The highest BCUT2D eigenvalue weighted by molar-refractivity contribution is 7.80. The SMILES string of the molecule is CC(CCONC(=O)[C@@H]1CC[C@@H]2CN1C(=O)N2OS(=O)(=O)O)N(C(=O)O)C(C)(C)C. The Balaban J connectivity index is 1.85. The first-order chi connectivity index (χ1) is 13.7. The average molecular weight is 452 g/mol. The van der Waals surface area contributed by atoms with Gasteiger partial charge < -0.3 is 14.9 Å². The lowest BCUT2D eigenvalue weighted by Gasteiger charge is -2.38. The van der Waals surface area contributed by atoms with Gasteiger partial charge in [0, 0.05) is 18.1 Å². The van der Waals surface area contributed by atoms with Crippen molar-refractivity contribution in [3.05, 3.63) is 0 Å². The van der Waals surface area contributed by atoms with Crippen molar-refractivity contribution < 1.29 is 41.6 Å². The summed E-state index contributed by atoms with van der Waals surface area (Å²) in [7, 11) is -4.86.